The zero-order valence-corrected chi connectivity index (χ0v) is 4.79. The molecule has 0 aliphatic rings. The van der Waals surface area contributed by atoms with E-state index in [1.807, 2.05) is 0 Å². The first-order chi connectivity index (χ1) is 3.41. The Morgan fingerprint density at radius 3 is 2.86 bits per heavy atom. The minimum Gasteiger partial charge on any atom is -0.318 e. The van der Waals surface area contributed by atoms with Crippen LogP contribution in [0.4, 0.5) is 0 Å². The van der Waals surface area contributed by atoms with Crippen molar-refractivity contribution in [3.8, 4) is 0 Å². The van der Waals surface area contributed by atoms with Crippen LogP contribution in [0.15, 0.2) is 12.7 Å². The van der Waals surface area contributed by atoms with Gasteiger partial charge in [0.05, 0.1) is 5.49 Å². The third-order valence-electron chi connectivity index (χ3n) is 0.407. The molecule has 40 valence electrons. The van der Waals surface area contributed by atoms with E-state index in [2.05, 4.69) is 29.6 Å². The van der Waals surface area contributed by atoms with Crippen molar-refractivity contribution in [2.24, 2.45) is 0 Å². The first-order valence-electron chi connectivity index (χ1n) is 1.94. The van der Waals surface area contributed by atoms with Gasteiger partial charge in [0.2, 0.25) is 0 Å². The van der Waals surface area contributed by atoms with Gasteiger partial charge >= 0.3 is 0 Å². The number of thiocarbonyl (C=S) groups is 1. The predicted octanol–water partition coefficient (Wildman–Crippen LogP) is 0.224. The summed E-state index contributed by atoms with van der Waals surface area (Å²) in [6, 6.07) is 0. The minimum absolute atomic E-state index is 0.729. The molecule has 0 radical (unpaired) electrons. The molecule has 0 spiro atoms. The highest BCUT2D eigenvalue weighted by atomic mass is 32.1. The molecule has 0 amide bonds. The van der Waals surface area contributed by atoms with Gasteiger partial charge < -0.3 is 5.43 Å². The number of nitrogens with one attached hydrogen (secondary N) is 2. The van der Waals surface area contributed by atoms with E-state index in [1.54, 1.807) is 6.08 Å². The summed E-state index contributed by atoms with van der Waals surface area (Å²) in [6.07, 6.45) is 1.74. The topological polar surface area (TPSA) is 24.1 Å². The SMILES string of the molecule is C=CCNNC=S. The normalized spacial score (nSPS) is 7.43. The van der Waals surface area contributed by atoms with Crippen LogP contribution in [0.2, 0.25) is 0 Å². The lowest BCUT2D eigenvalue weighted by Gasteiger charge is -1.94. The molecule has 0 heterocycles. The third-order valence-corrected chi connectivity index (χ3v) is 0.525. The molecular weight excluding hydrogens is 108 g/mol. The maximum Gasteiger partial charge on any atom is 0.0757 e. The van der Waals surface area contributed by atoms with Gasteiger partial charge in [-0.15, -0.1) is 6.58 Å². The minimum atomic E-state index is 0.729. The molecule has 2 nitrogen and oxygen atoms in total. The lowest BCUT2D eigenvalue weighted by Crippen LogP contribution is -2.29. The predicted molar refractivity (Wildman–Crippen MR) is 35.0 cm³/mol. The van der Waals surface area contributed by atoms with E-state index in [0.717, 1.165) is 6.54 Å². The van der Waals surface area contributed by atoms with Crippen LogP contribution < -0.4 is 10.9 Å². The average Bonchev–Trinajstić information content (AvgIpc) is 1.69. The first-order valence-corrected chi connectivity index (χ1v) is 2.42. The molecule has 0 bridgehead atoms. The highest BCUT2D eigenvalue weighted by Crippen LogP contribution is 1.50. The lowest BCUT2D eigenvalue weighted by molar-refractivity contribution is 0.732. The Bertz CT molecular complexity index is 54.7. The zero-order chi connectivity index (χ0) is 5.54. The molecule has 0 aromatic carbocycles. The first kappa shape index (κ1) is 6.59. The van der Waals surface area contributed by atoms with Crippen molar-refractivity contribution < 1.29 is 0 Å². The van der Waals surface area contributed by atoms with Crippen molar-refractivity contribution in [2.75, 3.05) is 6.54 Å². The van der Waals surface area contributed by atoms with Crippen LogP contribution in [-0.4, -0.2) is 12.0 Å². The molecule has 0 aliphatic heterocycles. The highest BCUT2D eigenvalue weighted by molar-refractivity contribution is 7.78. The number of hydrazine groups is 1. The summed E-state index contributed by atoms with van der Waals surface area (Å²) in [6.45, 7) is 4.21. The zero-order valence-electron chi connectivity index (χ0n) is 3.98. The number of hydrogen-bond donors (Lipinski definition) is 2. The summed E-state index contributed by atoms with van der Waals surface area (Å²) in [5, 5.41) is 0. The molecule has 0 saturated heterocycles. The quantitative estimate of drug-likeness (QED) is 0.238. The van der Waals surface area contributed by atoms with Crippen LogP contribution in [0, 0.1) is 0 Å². The fourth-order valence-corrected chi connectivity index (χ4v) is 0.256. The van der Waals surface area contributed by atoms with Gasteiger partial charge in [-0.05, 0) is 0 Å². The summed E-state index contributed by atoms with van der Waals surface area (Å²) < 4.78 is 0. The molecule has 0 fully saturated rings. The summed E-state index contributed by atoms with van der Waals surface area (Å²) in [7, 11) is 0. The van der Waals surface area contributed by atoms with E-state index in [-0.39, 0.29) is 0 Å². The van der Waals surface area contributed by atoms with Gasteiger partial charge in [-0.1, -0.05) is 18.3 Å². The maximum absolute atomic E-state index is 4.43. The van der Waals surface area contributed by atoms with Gasteiger partial charge in [0.15, 0.2) is 0 Å². The van der Waals surface area contributed by atoms with Crippen molar-refractivity contribution >= 4 is 17.7 Å². The molecule has 0 unspecified atom stereocenters. The van der Waals surface area contributed by atoms with Crippen LogP contribution in [-0.2, 0) is 0 Å². The van der Waals surface area contributed by atoms with Crippen molar-refractivity contribution in [2.45, 2.75) is 0 Å². The molecule has 3 heteroatoms. The van der Waals surface area contributed by atoms with E-state index in [4.69, 9.17) is 0 Å². The van der Waals surface area contributed by atoms with Crippen LogP contribution in [0.25, 0.3) is 0 Å². The van der Waals surface area contributed by atoms with E-state index in [9.17, 15) is 0 Å². The Hall–Kier alpha value is -0.410. The second-order valence-electron chi connectivity index (χ2n) is 0.932. The Morgan fingerprint density at radius 2 is 2.43 bits per heavy atom. The molecule has 0 saturated carbocycles. The van der Waals surface area contributed by atoms with Crippen molar-refractivity contribution in [3.05, 3.63) is 12.7 Å². The monoisotopic (exact) mass is 116 g/mol. The fourth-order valence-electron chi connectivity index (χ4n) is 0.173. The van der Waals surface area contributed by atoms with E-state index < -0.39 is 0 Å². The van der Waals surface area contributed by atoms with E-state index in [0.29, 0.717) is 0 Å². The molecular formula is C4H8N2S. The maximum atomic E-state index is 4.43. The molecule has 7 heavy (non-hydrogen) atoms. The Kier molecular flexibility index (Phi) is 5.26. The number of hydrogen-bond acceptors (Lipinski definition) is 2. The summed E-state index contributed by atoms with van der Waals surface area (Å²) in [5.41, 5.74) is 6.78. The van der Waals surface area contributed by atoms with E-state index in [1.165, 1.54) is 5.49 Å². The standard InChI is InChI=1S/C4H8N2S/c1-2-3-5-6-4-7/h2,4-5H,1,3H2,(H,6,7). The Morgan fingerprint density at radius 1 is 1.71 bits per heavy atom. The molecule has 0 aromatic rings. The van der Waals surface area contributed by atoms with Gasteiger partial charge in [-0.3, -0.25) is 0 Å². The summed E-state index contributed by atoms with van der Waals surface area (Å²) >= 11 is 4.43. The number of rotatable bonds is 4. The smallest absolute Gasteiger partial charge is 0.0757 e. The van der Waals surface area contributed by atoms with Crippen LogP contribution in [0.1, 0.15) is 0 Å². The highest BCUT2D eigenvalue weighted by Gasteiger charge is 1.66. The molecule has 2 N–H and O–H groups in total. The van der Waals surface area contributed by atoms with Crippen LogP contribution in [0.5, 0.6) is 0 Å². The lowest BCUT2D eigenvalue weighted by atomic mass is 10.7. The molecule has 0 atom stereocenters. The van der Waals surface area contributed by atoms with Crippen molar-refractivity contribution in [3.63, 3.8) is 0 Å². The fraction of sp³-hybridized carbons (Fsp3) is 0.250. The van der Waals surface area contributed by atoms with E-state index >= 15 is 0 Å². The second kappa shape index (κ2) is 5.59. The largest absolute Gasteiger partial charge is 0.318 e. The van der Waals surface area contributed by atoms with Gasteiger partial charge in [0, 0.05) is 6.54 Å². The molecule has 0 aliphatic carbocycles. The third kappa shape index (κ3) is 5.59. The molecule has 0 rings (SSSR count). The van der Waals surface area contributed by atoms with Gasteiger partial charge in [-0.25, -0.2) is 5.43 Å². The van der Waals surface area contributed by atoms with Gasteiger partial charge in [0.25, 0.3) is 0 Å². The van der Waals surface area contributed by atoms with Crippen LogP contribution >= 0.6 is 12.2 Å². The second-order valence-corrected chi connectivity index (χ2v) is 1.17. The molecule has 0 aromatic heterocycles. The Labute approximate surface area is 48.6 Å². The van der Waals surface area contributed by atoms with Gasteiger partial charge in [0.1, 0.15) is 0 Å². The van der Waals surface area contributed by atoms with Crippen LogP contribution in [0.3, 0.4) is 0 Å². The average molecular weight is 116 g/mol. The van der Waals surface area contributed by atoms with Crippen molar-refractivity contribution in [1.29, 1.82) is 0 Å². The van der Waals surface area contributed by atoms with Gasteiger partial charge in [-0.2, -0.15) is 0 Å². The summed E-state index contributed by atoms with van der Waals surface area (Å²) in [5.74, 6) is 0. The summed E-state index contributed by atoms with van der Waals surface area (Å²) in [4.78, 5) is 0. The van der Waals surface area contributed by atoms with Crippen molar-refractivity contribution in [1.82, 2.24) is 10.9 Å². The Balaban J connectivity index is 2.68.